The summed E-state index contributed by atoms with van der Waals surface area (Å²) in [6.07, 6.45) is 4.01. The molecule has 0 saturated heterocycles. The molecule has 0 bridgehead atoms. The van der Waals surface area contributed by atoms with E-state index in [0.717, 1.165) is 29.7 Å². The zero-order valence-electron chi connectivity index (χ0n) is 13.4. The van der Waals surface area contributed by atoms with E-state index in [-0.39, 0.29) is 11.5 Å². The van der Waals surface area contributed by atoms with Gasteiger partial charge in [-0.15, -0.1) is 0 Å². The van der Waals surface area contributed by atoms with Crippen molar-refractivity contribution in [1.29, 1.82) is 0 Å². The van der Waals surface area contributed by atoms with E-state index in [0.29, 0.717) is 0 Å². The van der Waals surface area contributed by atoms with Crippen molar-refractivity contribution in [3.05, 3.63) is 65.0 Å². The van der Waals surface area contributed by atoms with Crippen LogP contribution in [0.2, 0.25) is 0 Å². The normalized spacial score (nSPS) is 19.0. The number of pyridine rings is 1. The summed E-state index contributed by atoms with van der Waals surface area (Å²) in [5, 5.41) is 0. The molecule has 0 radical (unpaired) electrons. The lowest BCUT2D eigenvalue weighted by atomic mass is 9.74. The predicted molar refractivity (Wildman–Crippen MR) is 88.5 cm³/mol. The molecule has 1 heterocycles. The minimum Gasteiger partial charge on any atom is -0.377 e. The molecule has 0 saturated carbocycles. The van der Waals surface area contributed by atoms with Crippen molar-refractivity contribution in [2.45, 2.75) is 32.8 Å². The summed E-state index contributed by atoms with van der Waals surface area (Å²) >= 11 is 0. The lowest BCUT2D eigenvalue weighted by Crippen LogP contribution is -2.27. The molecule has 1 aromatic carbocycles. The Kier molecular flexibility index (Phi) is 4.00. The van der Waals surface area contributed by atoms with Crippen LogP contribution in [0, 0.1) is 17.3 Å². The van der Waals surface area contributed by atoms with E-state index < -0.39 is 0 Å². The number of hydrogen-bond donors (Lipinski definition) is 0. The smallest absolute Gasteiger partial charge is 0.0844 e. The molecule has 2 nitrogen and oxygen atoms in total. The third-order valence-electron chi connectivity index (χ3n) is 4.14. The van der Waals surface area contributed by atoms with E-state index in [1.165, 1.54) is 5.56 Å². The van der Waals surface area contributed by atoms with Crippen molar-refractivity contribution in [1.82, 2.24) is 4.98 Å². The van der Waals surface area contributed by atoms with Crippen LogP contribution in [-0.4, -0.2) is 12.1 Å². The number of hydrogen-bond acceptors (Lipinski definition) is 2. The maximum atomic E-state index is 5.68. The van der Waals surface area contributed by atoms with E-state index in [2.05, 4.69) is 36.7 Å². The van der Waals surface area contributed by atoms with Crippen LogP contribution >= 0.6 is 0 Å². The molecule has 1 aromatic heterocycles. The van der Waals surface area contributed by atoms with Gasteiger partial charge in [-0.3, -0.25) is 4.98 Å². The fourth-order valence-electron chi connectivity index (χ4n) is 3.02. The predicted octanol–water partition coefficient (Wildman–Crippen LogP) is 4.14. The van der Waals surface area contributed by atoms with E-state index in [1.807, 2.05) is 36.5 Å². The maximum absolute atomic E-state index is 5.68. The fourth-order valence-corrected chi connectivity index (χ4v) is 3.02. The Balaban J connectivity index is 1.93. The molecule has 0 amide bonds. The number of methoxy groups -OCH3 is 1. The average molecular weight is 291 g/mol. The van der Waals surface area contributed by atoms with Gasteiger partial charge < -0.3 is 4.74 Å². The molecule has 1 aliphatic rings. The van der Waals surface area contributed by atoms with Crippen LogP contribution in [0.25, 0.3) is 0 Å². The average Bonchev–Trinajstić information content (AvgIpc) is 2.52. The number of aromatic nitrogens is 1. The summed E-state index contributed by atoms with van der Waals surface area (Å²) in [6, 6.07) is 12.2. The van der Waals surface area contributed by atoms with Gasteiger partial charge in [0.2, 0.25) is 0 Å². The van der Waals surface area contributed by atoms with E-state index in [1.54, 1.807) is 7.11 Å². The lowest BCUT2D eigenvalue weighted by Gasteiger charge is -2.35. The summed E-state index contributed by atoms with van der Waals surface area (Å²) in [6.45, 7) is 4.54. The molecule has 2 heteroatoms. The monoisotopic (exact) mass is 291 g/mol. The largest absolute Gasteiger partial charge is 0.377 e. The van der Waals surface area contributed by atoms with Crippen LogP contribution in [0.5, 0.6) is 0 Å². The van der Waals surface area contributed by atoms with Crippen LogP contribution in [0.15, 0.2) is 42.6 Å². The summed E-state index contributed by atoms with van der Waals surface area (Å²) in [7, 11) is 1.78. The summed E-state index contributed by atoms with van der Waals surface area (Å²) in [5.74, 6) is 6.39. The number of fused-ring (bicyclic) bond motifs is 1. The van der Waals surface area contributed by atoms with E-state index in [4.69, 9.17) is 4.74 Å². The first-order chi connectivity index (χ1) is 10.6. The minimum atomic E-state index is 0.115. The molecule has 1 atom stereocenters. The highest BCUT2D eigenvalue weighted by Crippen LogP contribution is 2.41. The Labute approximate surface area is 132 Å². The van der Waals surface area contributed by atoms with Crippen molar-refractivity contribution in [2.75, 3.05) is 7.11 Å². The third kappa shape index (κ3) is 3.21. The highest BCUT2D eigenvalue weighted by molar-refractivity contribution is 5.44. The molecule has 0 aliphatic heterocycles. The van der Waals surface area contributed by atoms with Crippen molar-refractivity contribution < 1.29 is 4.74 Å². The van der Waals surface area contributed by atoms with Crippen LogP contribution in [0.3, 0.4) is 0 Å². The van der Waals surface area contributed by atoms with Crippen molar-refractivity contribution >= 4 is 0 Å². The Morgan fingerprint density at radius 1 is 1.14 bits per heavy atom. The Hall–Kier alpha value is -2.11. The molecule has 1 unspecified atom stereocenters. The summed E-state index contributed by atoms with van der Waals surface area (Å²) in [4.78, 5) is 4.64. The first-order valence-corrected chi connectivity index (χ1v) is 7.66. The van der Waals surface area contributed by atoms with Gasteiger partial charge in [0.05, 0.1) is 6.10 Å². The molecular weight excluding hydrogens is 270 g/mol. The van der Waals surface area contributed by atoms with Gasteiger partial charge in [0.25, 0.3) is 0 Å². The quantitative estimate of drug-likeness (QED) is 0.737. The first kappa shape index (κ1) is 14.8. The van der Waals surface area contributed by atoms with Gasteiger partial charge in [0.15, 0.2) is 0 Å². The Bertz CT molecular complexity index is 722. The Morgan fingerprint density at radius 2 is 1.86 bits per heavy atom. The van der Waals surface area contributed by atoms with Crippen LogP contribution in [-0.2, 0) is 11.2 Å². The van der Waals surface area contributed by atoms with Crippen LogP contribution in [0.1, 0.15) is 48.8 Å². The summed E-state index contributed by atoms with van der Waals surface area (Å²) < 4.78 is 5.68. The first-order valence-electron chi connectivity index (χ1n) is 7.66. The van der Waals surface area contributed by atoms with Crippen LogP contribution < -0.4 is 0 Å². The second kappa shape index (κ2) is 5.94. The molecule has 0 N–H and O–H groups in total. The Morgan fingerprint density at radius 3 is 2.59 bits per heavy atom. The molecule has 3 rings (SSSR count). The summed E-state index contributed by atoms with van der Waals surface area (Å²) in [5.41, 5.74) is 4.54. The van der Waals surface area contributed by atoms with Crippen molar-refractivity contribution in [3.8, 4) is 11.8 Å². The lowest BCUT2D eigenvalue weighted by molar-refractivity contribution is 0.0491. The molecule has 2 aromatic rings. The van der Waals surface area contributed by atoms with E-state index >= 15 is 0 Å². The molecule has 1 aliphatic carbocycles. The highest BCUT2D eigenvalue weighted by atomic mass is 16.5. The van der Waals surface area contributed by atoms with Gasteiger partial charge in [-0.25, -0.2) is 0 Å². The molecule has 0 spiro atoms. The van der Waals surface area contributed by atoms with Crippen LogP contribution in [0.4, 0.5) is 0 Å². The van der Waals surface area contributed by atoms with E-state index in [9.17, 15) is 0 Å². The van der Waals surface area contributed by atoms with Crippen molar-refractivity contribution in [3.63, 3.8) is 0 Å². The standard InChI is InChI=1S/C20H21NO/c1-20(2)12-18-17(19(13-20)22-3)11-16(14-21-18)10-9-15-7-5-4-6-8-15/h4-8,11,14,19H,12-13H2,1-3H3. The van der Waals surface area contributed by atoms with Gasteiger partial charge in [0.1, 0.15) is 0 Å². The zero-order valence-corrected chi connectivity index (χ0v) is 13.4. The number of benzene rings is 1. The number of nitrogens with zero attached hydrogens (tertiary/aromatic N) is 1. The number of rotatable bonds is 1. The van der Waals surface area contributed by atoms with Gasteiger partial charge in [0, 0.05) is 35.7 Å². The maximum Gasteiger partial charge on any atom is 0.0844 e. The van der Waals surface area contributed by atoms with Gasteiger partial charge in [-0.1, -0.05) is 43.9 Å². The second-order valence-corrected chi connectivity index (χ2v) is 6.65. The third-order valence-corrected chi connectivity index (χ3v) is 4.14. The fraction of sp³-hybridized carbons (Fsp3) is 0.350. The topological polar surface area (TPSA) is 22.1 Å². The van der Waals surface area contributed by atoms with Gasteiger partial charge in [-0.2, -0.15) is 0 Å². The van der Waals surface area contributed by atoms with Gasteiger partial charge >= 0.3 is 0 Å². The molecule has 0 fully saturated rings. The minimum absolute atomic E-state index is 0.115. The zero-order chi connectivity index (χ0) is 15.6. The molecule has 22 heavy (non-hydrogen) atoms. The van der Waals surface area contributed by atoms with Gasteiger partial charge in [-0.05, 0) is 36.5 Å². The van der Waals surface area contributed by atoms with Crippen molar-refractivity contribution in [2.24, 2.45) is 5.41 Å². The second-order valence-electron chi connectivity index (χ2n) is 6.65. The number of ether oxygens (including phenoxy) is 1. The molecular formula is C20H21NO. The molecule has 112 valence electrons. The highest BCUT2D eigenvalue weighted by Gasteiger charge is 2.33. The SMILES string of the molecule is COC1CC(C)(C)Cc2ncc(C#Cc3ccccc3)cc21.